The Kier molecular flexibility index (Phi) is 6.61. The van der Waals surface area contributed by atoms with Crippen LogP contribution in [0.5, 0.6) is 0 Å². The molecule has 0 aliphatic rings. The number of nitrogens with zero attached hydrogens (tertiary/aromatic N) is 3. The van der Waals surface area contributed by atoms with Gasteiger partial charge in [0, 0.05) is 27.1 Å². The van der Waals surface area contributed by atoms with Crippen molar-refractivity contribution in [1.29, 1.82) is 5.26 Å². The summed E-state index contributed by atoms with van der Waals surface area (Å²) in [5.41, 5.74) is 0. The van der Waals surface area contributed by atoms with E-state index < -0.39 is 0 Å². The quantitative estimate of drug-likeness (QED) is 0.612. The minimum atomic E-state index is -0.174. The van der Waals surface area contributed by atoms with Crippen LogP contribution in [-0.4, -0.2) is 48.3 Å². The number of likely N-dealkylation sites (N-methyl/N-ethyl adjacent to an activating group) is 1. The molecule has 5 heteroatoms. The predicted molar refractivity (Wildman–Crippen MR) is 60.3 cm³/mol. The van der Waals surface area contributed by atoms with Gasteiger partial charge in [-0.25, -0.2) is 0 Å². The van der Waals surface area contributed by atoms with Crippen LogP contribution < -0.4 is 0 Å². The van der Waals surface area contributed by atoms with E-state index in [1.165, 1.54) is 16.7 Å². The van der Waals surface area contributed by atoms with E-state index in [9.17, 15) is 9.59 Å². The standard InChI is InChI=1S/C11H17N3O2/c1-4-7-14(10(2)15)9-11(16)13(3)8-5-6-12/h4H,1,5,7-9H2,2-3H3. The van der Waals surface area contributed by atoms with Crippen LogP contribution in [-0.2, 0) is 9.59 Å². The fourth-order valence-electron chi connectivity index (χ4n) is 1.09. The van der Waals surface area contributed by atoms with Crippen molar-refractivity contribution in [3.63, 3.8) is 0 Å². The Hall–Kier alpha value is -1.83. The first-order valence-corrected chi connectivity index (χ1v) is 5.00. The topological polar surface area (TPSA) is 64.4 Å². The molecule has 0 saturated carbocycles. The first kappa shape index (κ1) is 14.2. The van der Waals surface area contributed by atoms with Gasteiger partial charge in [0.2, 0.25) is 11.8 Å². The van der Waals surface area contributed by atoms with Crippen LogP contribution in [0.1, 0.15) is 13.3 Å². The van der Waals surface area contributed by atoms with Crippen molar-refractivity contribution in [2.24, 2.45) is 0 Å². The van der Waals surface area contributed by atoms with E-state index in [1.54, 1.807) is 13.1 Å². The molecule has 0 radical (unpaired) electrons. The molecular formula is C11H17N3O2. The van der Waals surface area contributed by atoms with Gasteiger partial charge in [0.15, 0.2) is 0 Å². The van der Waals surface area contributed by atoms with Gasteiger partial charge in [-0.05, 0) is 0 Å². The molecule has 0 atom stereocenters. The first-order valence-electron chi connectivity index (χ1n) is 5.00. The molecule has 0 saturated heterocycles. The Morgan fingerprint density at radius 3 is 2.56 bits per heavy atom. The third-order valence-electron chi connectivity index (χ3n) is 2.11. The Bertz CT molecular complexity index is 307. The van der Waals surface area contributed by atoms with Crippen molar-refractivity contribution in [3.8, 4) is 6.07 Å². The van der Waals surface area contributed by atoms with Crippen LogP contribution in [0.25, 0.3) is 0 Å². The summed E-state index contributed by atoms with van der Waals surface area (Å²) in [6, 6.07) is 1.96. The van der Waals surface area contributed by atoms with E-state index in [0.717, 1.165) is 0 Å². The van der Waals surface area contributed by atoms with Crippen molar-refractivity contribution in [3.05, 3.63) is 12.7 Å². The molecule has 2 amide bonds. The van der Waals surface area contributed by atoms with E-state index >= 15 is 0 Å². The third-order valence-corrected chi connectivity index (χ3v) is 2.11. The lowest BCUT2D eigenvalue weighted by atomic mass is 10.3. The normalized spacial score (nSPS) is 9.06. The van der Waals surface area contributed by atoms with Crippen LogP contribution in [0.4, 0.5) is 0 Å². The van der Waals surface area contributed by atoms with E-state index in [2.05, 4.69) is 6.58 Å². The average Bonchev–Trinajstić information content (AvgIpc) is 2.24. The molecule has 0 aromatic heterocycles. The van der Waals surface area contributed by atoms with Gasteiger partial charge in [0.05, 0.1) is 12.5 Å². The summed E-state index contributed by atoms with van der Waals surface area (Å²) in [5, 5.41) is 8.39. The Morgan fingerprint density at radius 1 is 1.50 bits per heavy atom. The molecule has 0 aromatic carbocycles. The van der Waals surface area contributed by atoms with E-state index in [-0.39, 0.29) is 18.4 Å². The van der Waals surface area contributed by atoms with Gasteiger partial charge in [-0.1, -0.05) is 6.08 Å². The Morgan fingerprint density at radius 2 is 2.12 bits per heavy atom. The molecule has 0 spiro atoms. The molecule has 0 heterocycles. The predicted octanol–water partition coefficient (Wildman–Crippen LogP) is 0.393. The first-order chi connectivity index (χ1) is 7.52. The second-order valence-corrected chi connectivity index (χ2v) is 3.41. The van der Waals surface area contributed by atoms with Gasteiger partial charge in [0.1, 0.15) is 6.54 Å². The number of carbonyl (C=O) groups is 2. The second-order valence-electron chi connectivity index (χ2n) is 3.41. The SMILES string of the molecule is C=CCN(CC(=O)N(C)CCC#N)C(C)=O. The van der Waals surface area contributed by atoms with Crippen LogP contribution in [0.15, 0.2) is 12.7 Å². The minimum absolute atomic E-state index is 0.0310. The number of hydrogen-bond donors (Lipinski definition) is 0. The number of hydrogen-bond acceptors (Lipinski definition) is 3. The van der Waals surface area contributed by atoms with Gasteiger partial charge in [-0.2, -0.15) is 5.26 Å². The van der Waals surface area contributed by atoms with Crippen molar-refractivity contribution in [1.82, 2.24) is 9.80 Å². The Balaban J connectivity index is 4.23. The molecule has 0 N–H and O–H groups in total. The Labute approximate surface area is 95.9 Å². The fraction of sp³-hybridized carbons (Fsp3) is 0.545. The lowest BCUT2D eigenvalue weighted by Gasteiger charge is -2.22. The fourth-order valence-corrected chi connectivity index (χ4v) is 1.09. The summed E-state index contributed by atoms with van der Waals surface area (Å²) in [7, 11) is 1.62. The summed E-state index contributed by atoms with van der Waals surface area (Å²) in [5.74, 6) is -0.339. The molecule has 0 aliphatic carbocycles. The molecule has 0 unspecified atom stereocenters. The monoisotopic (exact) mass is 223 g/mol. The van der Waals surface area contributed by atoms with Crippen LogP contribution in [0.2, 0.25) is 0 Å². The summed E-state index contributed by atoms with van der Waals surface area (Å²) in [6.45, 7) is 5.70. The van der Waals surface area contributed by atoms with Crippen molar-refractivity contribution in [2.75, 3.05) is 26.7 Å². The van der Waals surface area contributed by atoms with Gasteiger partial charge in [-0.3, -0.25) is 9.59 Å². The maximum atomic E-state index is 11.6. The molecule has 0 aromatic rings. The van der Waals surface area contributed by atoms with Gasteiger partial charge in [-0.15, -0.1) is 6.58 Å². The number of nitriles is 1. The van der Waals surface area contributed by atoms with Crippen molar-refractivity contribution >= 4 is 11.8 Å². The molecule has 0 aliphatic heterocycles. The zero-order valence-electron chi connectivity index (χ0n) is 9.77. The van der Waals surface area contributed by atoms with E-state index in [4.69, 9.17) is 5.26 Å². The molecule has 0 rings (SSSR count). The largest absolute Gasteiger partial charge is 0.343 e. The van der Waals surface area contributed by atoms with Crippen LogP contribution in [0.3, 0.4) is 0 Å². The molecule has 88 valence electrons. The van der Waals surface area contributed by atoms with Gasteiger partial charge >= 0.3 is 0 Å². The smallest absolute Gasteiger partial charge is 0.241 e. The third kappa shape index (κ3) is 5.15. The molecular weight excluding hydrogens is 206 g/mol. The van der Waals surface area contributed by atoms with E-state index in [1.807, 2.05) is 6.07 Å². The summed E-state index contributed by atoms with van der Waals surface area (Å²) >= 11 is 0. The second kappa shape index (κ2) is 7.46. The lowest BCUT2D eigenvalue weighted by Crippen LogP contribution is -2.40. The molecule has 16 heavy (non-hydrogen) atoms. The number of carbonyl (C=O) groups excluding carboxylic acids is 2. The highest BCUT2D eigenvalue weighted by molar-refractivity contribution is 5.83. The molecule has 0 bridgehead atoms. The lowest BCUT2D eigenvalue weighted by molar-refractivity contribution is -0.138. The zero-order chi connectivity index (χ0) is 12.6. The average molecular weight is 223 g/mol. The summed E-state index contributed by atoms with van der Waals surface area (Å²) < 4.78 is 0. The van der Waals surface area contributed by atoms with Gasteiger partial charge < -0.3 is 9.80 Å². The molecule has 5 nitrogen and oxygen atoms in total. The van der Waals surface area contributed by atoms with Gasteiger partial charge in [0.25, 0.3) is 0 Å². The van der Waals surface area contributed by atoms with Crippen LogP contribution >= 0.6 is 0 Å². The van der Waals surface area contributed by atoms with Crippen molar-refractivity contribution < 1.29 is 9.59 Å². The maximum Gasteiger partial charge on any atom is 0.241 e. The van der Waals surface area contributed by atoms with Crippen LogP contribution in [0, 0.1) is 11.3 Å². The minimum Gasteiger partial charge on any atom is -0.343 e. The highest BCUT2D eigenvalue weighted by Crippen LogP contribution is 1.95. The zero-order valence-corrected chi connectivity index (χ0v) is 9.77. The highest BCUT2D eigenvalue weighted by atomic mass is 16.2. The van der Waals surface area contributed by atoms with Crippen molar-refractivity contribution in [2.45, 2.75) is 13.3 Å². The number of rotatable bonds is 6. The summed E-state index contributed by atoms with van der Waals surface area (Å²) in [4.78, 5) is 25.6. The van der Waals surface area contributed by atoms with E-state index in [0.29, 0.717) is 19.5 Å². The molecule has 0 fully saturated rings. The number of amides is 2. The summed E-state index contributed by atoms with van der Waals surface area (Å²) in [6.07, 6.45) is 1.87. The maximum absolute atomic E-state index is 11.6. The highest BCUT2D eigenvalue weighted by Gasteiger charge is 2.15.